The minimum atomic E-state index is -4.27. The summed E-state index contributed by atoms with van der Waals surface area (Å²) >= 11 is 4.06. The first-order valence-electron chi connectivity index (χ1n) is 5.43. The van der Waals surface area contributed by atoms with Gasteiger partial charge in [0, 0.05) is 7.14 Å². The van der Waals surface area contributed by atoms with E-state index in [4.69, 9.17) is 0 Å². The standard InChI is InChI=1S/2C6H5IO3S.Hg/c2*7-5-1-3-6(4-2-5)11(8,9)10;/h2*1-4H,(H,8,9,10);/q;;+2/p-2. The molecule has 0 atom stereocenters. The Balaban J connectivity index is 0.000000403. The summed E-state index contributed by atoms with van der Waals surface area (Å²) in [5, 5.41) is 0. The van der Waals surface area contributed by atoms with Gasteiger partial charge in [-0.3, -0.25) is 0 Å². The molecule has 2 aromatic rings. The SMILES string of the molecule is O=S(=O)([O-])c1ccc(I)cc1.O=S(=O)([O-])c1ccc(I)cc1.[Hg+2]. The molecule has 0 aliphatic rings. The van der Waals surface area contributed by atoms with Gasteiger partial charge in [0.05, 0.1) is 9.79 Å². The maximum atomic E-state index is 10.4. The molecule has 0 amide bonds. The van der Waals surface area contributed by atoms with E-state index in [9.17, 15) is 25.9 Å². The summed E-state index contributed by atoms with van der Waals surface area (Å²) in [7, 11) is -8.55. The minimum Gasteiger partial charge on any atom is -0.744 e. The largest absolute Gasteiger partial charge is 2.00 e. The third kappa shape index (κ3) is 9.06. The zero-order valence-electron chi connectivity index (χ0n) is 11.3. The van der Waals surface area contributed by atoms with Crippen LogP contribution in [0.3, 0.4) is 0 Å². The van der Waals surface area contributed by atoms with Crippen molar-refractivity contribution < 1.29 is 53.6 Å². The summed E-state index contributed by atoms with van der Waals surface area (Å²) in [6.07, 6.45) is 0. The normalized spacial score (nSPS) is 11.0. The first-order chi connectivity index (χ1) is 10.00. The molecule has 0 aliphatic carbocycles. The van der Waals surface area contributed by atoms with Crippen LogP contribution in [0, 0.1) is 7.14 Å². The summed E-state index contributed by atoms with van der Waals surface area (Å²) in [4.78, 5) is -0.365. The van der Waals surface area contributed by atoms with Crippen molar-refractivity contribution in [2.75, 3.05) is 0 Å². The van der Waals surface area contributed by atoms with E-state index in [-0.39, 0.29) is 37.5 Å². The third-order valence-corrected chi connectivity index (χ3v) is 5.34. The predicted octanol–water partition coefficient (Wildman–Crippen LogP) is 2.39. The van der Waals surface area contributed by atoms with E-state index in [2.05, 4.69) is 0 Å². The van der Waals surface area contributed by atoms with Gasteiger partial charge in [0.25, 0.3) is 0 Å². The summed E-state index contributed by atoms with van der Waals surface area (Å²) < 4.78 is 64.1. The summed E-state index contributed by atoms with van der Waals surface area (Å²) in [5.41, 5.74) is 0. The number of benzene rings is 2. The fraction of sp³-hybridized carbons (Fsp3) is 0. The first-order valence-corrected chi connectivity index (χ1v) is 10.4. The Bertz CT molecular complexity index is 761. The molecule has 23 heavy (non-hydrogen) atoms. The maximum Gasteiger partial charge on any atom is 2.00 e. The van der Waals surface area contributed by atoms with Crippen LogP contribution in [0.2, 0.25) is 0 Å². The van der Waals surface area contributed by atoms with Crippen molar-refractivity contribution in [3.63, 3.8) is 0 Å². The van der Waals surface area contributed by atoms with Gasteiger partial charge in [0.2, 0.25) is 0 Å². The molecule has 0 fully saturated rings. The molecule has 11 heteroatoms. The van der Waals surface area contributed by atoms with E-state index in [1.54, 1.807) is 24.3 Å². The molecular weight excluding hydrogens is 759 g/mol. The Morgan fingerprint density at radius 1 is 0.609 bits per heavy atom. The monoisotopic (exact) mass is 768 g/mol. The number of halogens is 2. The van der Waals surface area contributed by atoms with Crippen LogP contribution >= 0.6 is 45.2 Å². The Kier molecular flexibility index (Phi) is 10.2. The predicted molar refractivity (Wildman–Crippen MR) is 94.2 cm³/mol. The zero-order chi connectivity index (χ0) is 17.0. The molecule has 0 aromatic heterocycles. The second kappa shape index (κ2) is 9.96. The summed E-state index contributed by atoms with van der Waals surface area (Å²) in [6.45, 7) is 0. The van der Waals surface area contributed by atoms with Crippen LogP contribution in [0.25, 0.3) is 0 Å². The van der Waals surface area contributed by atoms with Crippen molar-refractivity contribution in [2.45, 2.75) is 9.79 Å². The Labute approximate surface area is 182 Å². The number of hydrogen-bond acceptors (Lipinski definition) is 6. The first kappa shape index (κ1) is 23.7. The van der Waals surface area contributed by atoms with Gasteiger partial charge in [-0.1, -0.05) is 0 Å². The van der Waals surface area contributed by atoms with Crippen molar-refractivity contribution in [3.05, 3.63) is 55.7 Å². The van der Waals surface area contributed by atoms with Crippen molar-refractivity contribution in [1.29, 1.82) is 0 Å². The molecule has 0 N–H and O–H groups in total. The molecule has 120 valence electrons. The molecule has 0 radical (unpaired) electrons. The van der Waals surface area contributed by atoms with E-state index in [1.165, 1.54) is 24.3 Å². The second-order valence-electron chi connectivity index (χ2n) is 3.82. The second-order valence-corrected chi connectivity index (χ2v) is 9.07. The van der Waals surface area contributed by atoms with Crippen molar-refractivity contribution in [1.82, 2.24) is 0 Å². The van der Waals surface area contributed by atoms with Gasteiger partial charge in [-0.15, -0.1) is 0 Å². The van der Waals surface area contributed by atoms with Crippen LogP contribution in [-0.2, 0) is 47.9 Å². The van der Waals surface area contributed by atoms with E-state index in [1.807, 2.05) is 45.2 Å². The van der Waals surface area contributed by atoms with E-state index < -0.39 is 20.2 Å². The van der Waals surface area contributed by atoms with Gasteiger partial charge >= 0.3 is 27.7 Å². The molecular formula is C12H8HgI2O6S2. The van der Waals surface area contributed by atoms with Crippen molar-refractivity contribution in [2.24, 2.45) is 0 Å². The molecule has 0 saturated carbocycles. The maximum absolute atomic E-state index is 10.4. The van der Waals surface area contributed by atoms with Gasteiger partial charge in [-0.05, 0) is 93.7 Å². The summed E-state index contributed by atoms with van der Waals surface area (Å²) in [6, 6.07) is 11.5. The molecule has 6 nitrogen and oxygen atoms in total. The van der Waals surface area contributed by atoms with Crippen LogP contribution in [0.5, 0.6) is 0 Å². The number of hydrogen-bond donors (Lipinski definition) is 0. The van der Waals surface area contributed by atoms with E-state index in [0.29, 0.717) is 0 Å². The quantitative estimate of drug-likeness (QED) is 0.264. The molecule has 2 rings (SSSR count). The van der Waals surface area contributed by atoms with Gasteiger partial charge in [0.1, 0.15) is 20.2 Å². The molecule has 0 unspecified atom stereocenters. The average molecular weight is 767 g/mol. The minimum absolute atomic E-state index is 0. The van der Waals surface area contributed by atoms with Crippen LogP contribution in [0.4, 0.5) is 0 Å². The molecule has 0 bridgehead atoms. The fourth-order valence-electron chi connectivity index (χ4n) is 1.20. The topological polar surface area (TPSA) is 114 Å². The number of rotatable bonds is 2. The van der Waals surface area contributed by atoms with Crippen LogP contribution < -0.4 is 0 Å². The molecule has 0 heterocycles. The fourth-order valence-corrected chi connectivity index (χ4v) is 2.86. The Morgan fingerprint density at radius 2 is 0.826 bits per heavy atom. The molecule has 0 saturated heterocycles. The third-order valence-electron chi connectivity index (χ3n) is 2.20. The van der Waals surface area contributed by atoms with Crippen molar-refractivity contribution >= 4 is 65.4 Å². The molecule has 0 spiro atoms. The van der Waals surface area contributed by atoms with Gasteiger partial charge in [-0.2, -0.15) is 0 Å². The van der Waals surface area contributed by atoms with Gasteiger partial charge < -0.3 is 9.11 Å². The molecule has 2 aromatic carbocycles. The van der Waals surface area contributed by atoms with Crippen LogP contribution in [-0.4, -0.2) is 25.9 Å². The van der Waals surface area contributed by atoms with Gasteiger partial charge in [0.15, 0.2) is 0 Å². The molecule has 0 aliphatic heterocycles. The Hall–Kier alpha value is 0.655. The van der Waals surface area contributed by atoms with Crippen LogP contribution in [0.1, 0.15) is 0 Å². The van der Waals surface area contributed by atoms with Gasteiger partial charge in [-0.25, -0.2) is 16.8 Å². The van der Waals surface area contributed by atoms with Crippen LogP contribution in [0.15, 0.2) is 58.3 Å². The van der Waals surface area contributed by atoms with Crippen molar-refractivity contribution in [3.8, 4) is 0 Å². The Morgan fingerprint density at radius 3 is 1.00 bits per heavy atom. The van der Waals surface area contributed by atoms with E-state index >= 15 is 0 Å². The van der Waals surface area contributed by atoms with E-state index in [0.717, 1.165) is 7.14 Å². The zero-order valence-corrected chi connectivity index (χ0v) is 22.8. The smallest absolute Gasteiger partial charge is 0.744 e. The average Bonchev–Trinajstić information content (AvgIpc) is 2.38. The summed E-state index contributed by atoms with van der Waals surface area (Å²) in [5.74, 6) is 0.